The molecule has 1 aliphatic heterocycles. The molecular weight excluding hydrogens is 350 g/mol. The number of rotatable bonds is 3. The van der Waals surface area contributed by atoms with Crippen molar-refractivity contribution in [3.63, 3.8) is 0 Å². The molecule has 21 heavy (non-hydrogen) atoms. The number of hydrogen-bond donors (Lipinski definition) is 1. The van der Waals surface area contributed by atoms with Crippen LogP contribution in [0, 0.1) is 6.92 Å². The van der Waals surface area contributed by atoms with Crippen LogP contribution in [0.15, 0.2) is 34.8 Å². The summed E-state index contributed by atoms with van der Waals surface area (Å²) < 4.78 is 1.10. The first-order valence-electron chi connectivity index (χ1n) is 6.85. The molecule has 1 aromatic carbocycles. The Kier molecular flexibility index (Phi) is 4.15. The number of nitrogens with zero attached hydrogens (tertiary/aromatic N) is 1. The maximum absolute atomic E-state index is 11.7. The van der Waals surface area contributed by atoms with E-state index in [9.17, 15) is 9.90 Å². The Morgan fingerprint density at radius 1 is 1.48 bits per heavy atom. The second kappa shape index (κ2) is 5.91. The van der Waals surface area contributed by atoms with Crippen molar-refractivity contribution in [2.45, 2.75) is 25.9 Å². The number of carbonyl (C=O) groups is 1. The summed E-state index contributed by atoms with van der Waals surface area (Å²) in [7, 11) is 0. The van der Waals surface area contributed by atoms with E-state index >= 15 is 0 Å². The van der Waals surface area contributed by atoms with Crippen molar-refractivity contribution in [2.75, 3.05) is 6.54 Å². The molecule has 110 valence electrons. The molecule has 2 aromatic rings. The van der Waals surface area contributed by atoms with Crippen LogP contribution in [-0.4, -0.2) is 22.5 Å². The lowest BCUT2D eigenvalue weighted by Crippen LogP contribution is -2.39. The monoisotopic (exact) mass is 365 g/mol. The van der Waals surface area contributed by atoms with Gasteiger partial charge >= 0.3 is 5.97 Å². The van der Waals surface area contributed by atoms with E-state index in [-0.39, 0.29) is 0 Å². The zero-order valence-electron chi connectivity index (χ0n) is 11.7. The van der Waals surface area contributed by atoms with Gasteiger partial charge in [0.15, 0.2) is 0 Å². The molecule has 1 unspecified atom stereocenters. The molecule has 0 spiro atoms. The van der Waals surface area contributed by atoms with Gasteiger partial charge in [0.2, 0.25) is 0 Å². The topological polar surface area (TPSA) is 40.5 Å². The molecule has 3 nitrogen and oxygen atoms in total. The normalized spacial score (nSPS) is 18.5. The Morgan fingerprint density at radius 2 is 2.24 bits per heavy atom. The van der Waals surface area contributed by atoms with Crippen molar-refractivity contribution in [2.24, 2.45) is 0 Å². The maximum Gasteiger partial charge on any atom is 0.325 e. The molecule has 0 bridgehead atoms. The largest absolute Gasteiger partial charge is 0.480 e. The molecule has 3 rings (SSSR count). The van der Waals surface area contributed by atoms with Gasteiger partial charge in [-0.15, -0.1) is 11.3 Å². The highest BCUT2D eigenvalue weighted by molar-refractivity contribution is 9.10. The predicted molar refractivity (Wildman–Crippen MR) is 87.7 cm³/mol. The van der Waals surface area contributed by atoms with Crippen LogP contribution in [-0.2, 0) is 17.8 Å². The van der Waals surface area contributed by atoms with Crippen molar-refractivity contribution in [3.8, 4) is 0 Å². The van der Waals surface area contributed by atoms with Crippen molar-refractivity contribution < 1.29 is 9.90 Å². The minimum absolute atomic E-state index is 0.545. The van der Waals surface area contributed by atoms with Crippen LogP contribution in [0.5, 0.6) is 0 Å². The Labute approximate surface area is 136 Å². The smallest absolute Gasteiger partial charge is 0.325 e. The van der Waals surface area contributed by atoms with Crippen molar-refractivity contribution in [3.05, 3.63) is 55.7 Å². The van der Waals surface area contributed by atoms with Crippen LogP contribution < -0.4 is 0 Å². The number of carboxylic acid groups (broad SMARTS) is 1. The minimum Gasteiger partial charge on any atom is -0.480 e. The summed E-state index contributed by atoms with van der Waals surface area (Å²) in [4.78, 5) is 16.2. The fourth-order valence-electron chi connectivity index (χ4n) is 2.87. The summed E-state index contributed by atoms with van der Waals surface area (Å²) in [5.74, 6) is -0.769. The highest BCUT2D eigenvalue weighted by atomic mass is 79.9. The van der Waals surface area contributed by atoms with E-state index in [4.69, 9.17) is 0 Å². The molecule has 0 fully saturated rings. The molecule has 0 amide bonds. The molecule has 5 heteroatoms. The molecule has 1 aliphatic rings. The van der Waals surface area contributed by atoms with Gasteiger partial charge in [0, 0.05) is 27.3 Å². The van der Waals surface area contributed by atoms with Crippen LogP contribution >= 0.6 is 27.3 Å². The Balaban J connectivity index is 1.90. The van der Waals surface area contributed by atoms with Crippen LogP contribution in [0.4, 0.5) is 0 Å². The average molecular weight is 366 g/mol. The second-order valence-corrected chi connectivity index (χ2v) is 7.47. The zero-order valence-corrected chi connectivity index (χ0v) is 14.1. The van der Waals surface area contributed by atoms with Gasteiger partial charge in [0.05, 0.1) is 0 Å². The van der Waals surface area contributed by atoms with Gasteiger partial charge in [0.25, 0.3) is 0 Å². The SMILES string of the molecule is Cc1sc(CN2CCc3ccccc3C2C(=O)O)cc1Br. The molecule has 0 saturated heterocycles. The van der Waals surface area contributed by atoms with Crippen LogP contribution in [0.2, 0.25) is 0 Å². The van der Waals surface area contributed by atoms with Crippen molar-refractivity contribution >= 4 is 33.2 Å². The van der Waals surface area contributed by atoms with Gasteiger partial charge in [-0.25, -0.2) is 0 Å². The summed E-state index contributed by atoms with van der Waals surface area (Å²) in [6.07, 6.45) is 0.908. The number of benzene rings is 1. The molecule has 2 heterocycles. The standard InChI is InChI=1S/C16H16BrNO2S/c1-10-14(17)8-12(21-10)9-18-7-6-11-4-2-3-5-13(11)15(18)16(19)20/h2-5,8,15H,6-7,9H2,1H3,(H,19,20). The molecule has 1 aromatic heterocycles. The first kappa shape index (κ1) is 14.8. The zero-order chi connectivity index (χ0) is 15.0. The first-order chi connectivity index (χ1) is 10.1. The molecule has 0 radical (unpaired) electrons. The first-order valence-corrected chi connectivity index (χ1v) is 8.46. The van der Waals surface area contributed by atoms with Gasteiger partial charge in [-0.3, -0.25) is 9.69 Å². The molecule has 0 saturated carbocycles. The molecule has 1 atom stereocenters. The van der Waals surface area contributed by atoms with E-state index in [1.165, 1.54) is 9.75 Å². The van der Waals surface area contributed by atoms with Crippen LogP contribution in [0.25, 0.3) is 0 Å². The number of carboxylic acids is 1. The lowest BCUT2D eigenvalue weighted by Gasteiger charge is -2.34. The van der Waals surface area contributed by atoms with E-state index in [1.807, 2.05) is 24.3 Å². The third-order valence-electron chi connectivity index (χ3n) is 3.88. The summed E-state index contributed by atoms with van der Waals surface area (Å²) in [5, 5.41) is 9.65. The molecular formula is C16H16BrNO2S. The van der Waals surface area contributed by atoms with Gasteiger partial charge in [-0.1, -0.05) is 24.3 Å². The summed E-state index contributed by atoms with van der Waals surface area (Å²) >= 11 is 5.25. The van der Waals surface area contributed by atoms with E-state index in [1.54, 1.807) is 11.3 Å². The number of aliphatic carboxylic acids is 1. The Hall–Kier alpha value is -1.17. The Morgan fingerprint density at radius 3 is 2.90 bits per heavy atom. The number of thiophene rings is 1. The highest BCUT2D eigenvalue weighted by Crippen LogP contribution is 2.33. The lowest BCUT2D eigenvalue weighted by atomic mass is 9.92. The van der Waals surface area contributed by atoms with E-state index in [0.29, 0.717) is 6.54 Å². The number of aryl methyl sites for hydroxylation is 1. The summed E-state index contributed by atoms with van der Waals surface area (Å²) in [6.45, 7) is 3.53. The van der Waals surface area contributed by atoms with E-state index in [2.05, 4.69) is 33.8 Å². The number of fused-ring (bicyclic) bond motifs is 1. The van der Waals surface area contributed by atoms with Gasteiger partial charge in [0.1, 0.15) is 6.04 Å². The Bertz CT molecular complexity index is 663. The average Bonchev–Trinajstić information content (AvgIpc) is 2.76. The quantitative estimate of drug-likeness (QED) is 0.893. The highest BCUT2D eigenvalue weighted by Gasteiger charge is 2.32. The van der Waals surface area contributed by atoms with Crippen molar-refractivity contribution in [1.82, 2.24) is 4.90 Å². The summed E-state index contributed by atoms with van der Waals surface area (Å²) in [6, 6.07) is 9.43. The van der Waals surface area contributed by atoms with Gasteiger partial charge in [-0.2, -0.15) is 0 Å². The molecule has 1 N–H and O–H groups in total. The molecule has 0 aliphatic carbocycles. The van der Waals surface area contributed by atoms with Crippen LogP contribution in [0.3, 0.4) is 0 Å². The van der Waals surface area contributed by atoms with Crippen LogP contribution in [0.1, 0.15) is 26.9 Å². The minimum atomic E-state index is -0.769. The van der Waals surface area contributed by atoms with Gasteiger partial charge in [-0.05, 0) is 46.5 Å². The van der Waals surface area contributed by atoms with Crippen molar-refractivity contribution in [1.29, 1.82) is 0 Å². The summed E-state index contributed by atoms with van der Waals surface area (Å²) in [5.41, 5.74) is 2.09. The predicted octanol–water partition coefficient (Wildman–Crippen LogP) is 4.00. The van der Waals surface area contributed by atoms with E-state index in [0.717, 1.165) is 28.6 Å². The van der Waals surface area contributed by atoms with E-state index < -0.39 is 12.0 Å². The lowest BCUT2D eigenvalue weighted by molar-refractivity contribution is -0.144. The third kappa shape index (κ3) is 2.91. The number of halogens is 1. The van der Waals surface area contributed by atoms with Gasteiger partial charge < -0.3 is 5.11 Å². The third-order valence-corrected chi connectivity index (χ3v) is 6.01. The number of hydrogen-bond acceptors (Lipinski definition) is 3. The maximum atomic E-state index is 11.7. The second-order valence-electron chi connectivity index (χ2n) is 5.28. The fourth-order valence-corrected chi connectivity index (χ4v) is 4.50. The fraction of sp³-hybridized carbons (Fsp3) is 0.312.